The number of nitrogens with one attached hydrogen (secondary N) is 3. The highest BCUT2D eigenvalue weighted by Gasteiger charge is 2.07. The van der Waals surface area contributed by atoms with Gasteiger partial charge in [-0.3, -0.25) is 4.79 Å². The van der Waals surface area contributed by atoms with Crippen molar-refractivity contribution in [3.63, 3.8) is 0 Å². The number of rotatable bonds is 4. The molecule has 0 saturated carbocycles. The number of thiocarbonyl (C=S) groups is 1. The van der Waals surface area contributed by atoms with Crippen molar-refractivity contribution < 1.29 is 13.2 Å². The van der Waals surface area contributed by atoms with E-state index in [2.05, 4.69) is 16.0 Å². The van der Waals surface area contributed by atoms with Crippen LogP contribution in [0.2, 0.25) is 0 Å². The van der Waals surface area contributed by atoms with E-state index < -0.39 is 10.0 Å². The van der Waals surface area contributed by atoms with Gasteiger partial charge in [-0.25, -0.2) is 13.6 Å². The molecular formula is C15H16N4O3S2. The number of carbonyl (C=O) groups is 1. The van der Waals surface area contributed by atoms with Gasteiger partial charge >= 0.3 is 0 Å². The summed E-state index contributed by atoms with van der Waals surface area (Å²) in [6.45, 7) is 1.44. The monoisotopic (exact) mass is 364 g/mol. The minimum absolute atomic E-state index is 0.0282. The van der Waals surface area contributed by atoms with Gasteiger partial charge in [0.05, 0.1) is 4.90 Å². The lowest BCUT2D eigenvalue weighted by Gasteiger charge is -2.11. The third kappa shape index (κ3) is 5.30. The Kier molecular flexibility index (Phi) is 5.50. The van der Waals surface area contributed by atoms with Gasteiger partial charge in [-0.1, -0.05) is 0 Å². The van der Waals surface area contributed by atoms with Crippen LogP contribution in [-0.4, -0.2) is 19.4 Å². The maximum Gasteiger partial charge on any atom is 0.238 e. The van der Waals surface area contributed by atoms with Crippen molar-refractivity contribution in [2.75, 3.05) is 16.0 Å². The molecular weight excluding hydrogens is 348 g/mol. The molecule has 0 saturated heterocycles. The predicted octanol–water partition coefficient (Wildman–Crippen LogP) is 2.10. The fraction of sp³-hybridized carbons (Fsp3) is 0.0667. The Bertz CT molecular complexity index is 847. The van der Waals surface area contributed by atoms with Crippen molar-refractivity contribution in [3.8, 4) is 0 Å². The number of amides is 1. The van der Waals surface area contributed by atoms with E-state index in [4.69, 9.17) is 17.4 Å². The molecule has 1 amide bonds. The highest BCUT2D eigenvalue weighted by molar-refractivity contribution is 7.89. The Morgan fingerprint density at radius 1 is 0.875 bits per heavy atom. The molecule has 126 valence electrons. The second-order valence-corrected chi connectivity index (χ2v) is 6.88. The smallest absolute Gasteiger partial charge is 0.238 e. The van der Waals surface area contributed by atoms with Crippen LogP contribution in [0.4, 0.5) is 17.1 Å². The number of primary sulfonamides is 1. The molecule has 0 heterocycles. The molecule has 2 rings (SSSR count). The zero-order chi connectivity index (χ0) is 17.7. The van der Waals surface area contributed by atoms with Crippen molar-refractivity contribution in [1.29, 1.82) is 0 Å². The summed E-state index contributed by atoms with van der Waals surface area (Å²) in [5.74, 6) is -0.143. The summed E-state index contributed by atoms with van der Waals surface area (Å²) in [5, 5.41) is 14.0. The Morgan fingerprint density at radius 3 is 1.62 bits per heavy atom. The molecule has 0 fully saturated rings. The lowest BCUT2D eigenvalue weighted by atomic mass is 10.3. The Hall–Kier alpha value is -2.49. The Morgan fingerprint density at radius 2 is 1.25 bits per heavy atom. The van der Waals surface area contributed by atoms with E-state index in [9.17, 15) is 13.2 Å². The van der Waals surface area contributed by atoms with Crippen LogP contribution in [0, 0.1) is 0 Å². The van der Waals surface area contributed by atoms with E-state index in [1.54, 1.807) is 36.4 Å². The molecule has 24 heavy (non-hydrogen) atoms. The molecule has 0 aliphatic carbocycles. The molecule has 0 spiro atoms. The normalized spacial score (nSPS) is 10.8. The summed E-state index contributed by atoms with van der Waals surface area (Å²) < 4.78 is 22.4. The van der Waals surface area contributed by atoms with E-state index >= 15 is 0 Å². The van der Waals surface area contributed by atoms with Crippen LogP contribution in [0.1, 0.15) is 6.92 Å². The second-order valence-electron chi connectivity index (χ2n) is 4.91. The van der Waals surface area contributed by atoms with Crippen LogP contribution in [0.3, 0.4) is 0 Å². The number of benzene rings is 2. The van der Waals surface area contributed by atoms with Crippen molar-refractivity contribution in [2.24, 2.45) is 5.14 Å². The van der Waals surface area contributed by atoms with Gasteiger partial charge in [0.2, 0.25) is 15.9 Å². The van der Waals surface area contributed by atoms with Gasteiger partial charge in [0.15, 0.2) is 5.11 Å². The summed E-state index contributed by atoms with van der Waals surface area (Å²) in [4.78, 5) is 11.0. The summed E-state index contributed by atoms with van der Waals surface area (Å²) in [6.07, 6.45) is 0. The standard InChI is InChI=1S/C15H16N4O3S2/c1-10(20)17-11-2-4-12(5-3-11)18-15(23)19-13-6-8-14(9-7-13)24(16,21)22/h2-9H,1H3,(H,17,20)(H2,16,21,22)(H2,18,19,23). The highest BCUT2D eigenvalue weighted by atomic mass is 32.2. The van der Waals surface area contributed by atoms with Crippen LogP contribution < -0.4 is 21.1 Å². The summed E-state index contributed by atoms with van der Waals surface area (Å²) in [7, 11) is -3.72. The molecule has 2 aromatic carbocycles. The summed E-state index contributed by atoms with van der Waals surface area (Å²) in [6, 6.07) is 12.9. The largest absolute Gasteiger partial charge is 0.332 e. The van der Waals surface area contributed by atoms with Crippen LogP contribution in [0.15, 0.2) is 53.4 Å². The zero-order valence-corrected chi connectivity index (χ0v) is 14.4. The molecule has 2 aromatic rings. The van der Waals surface area contributed by atoms with E-state index in [1.165, 1.54) is 19.1 Å². The molecule has 9 heteroatoms. The molecule has 0 atom stereocenters. The van der Waals surface area contributed by atoms with E-state index in [0.29, 0.717) is 16.5 Å². The minimum atomic E-state index is -3.72. The zero-order valence-electron chi connectivity index (χ0n) is 12.7. The van der Waals surface area contributed by atoms with Crippen molar-refractivity contribution >= 4 is 50.3 Å². The maximum atomic E-state index is 11.2. The first-order valence-electron chi connectivity index (χ1n) is 6.82. The van der Waals surface area contributed by atoms with Gasteiger partial charge in [-0.05, 0) is 60.7 Å². The highest BCUT2D eigenvalue weighted by Crippen LogP contribution is 2.15. The summed E-state index contributed by atoms with van der Waals surface area (Å²) in [5.41, 5.74) is 2.04. The molecule has 0 bridgehead atoms. The Labute approximate surface area is 145 Å². The fourth-order valence-electron chi connectivity index (χ4n) is 1.86. The van der Waals surface area contributed by atoms with Gasteiger partial charge in [-0.2, -0.15) is 0 Å². The number of nitrogens with two attached hydrogens (primary N) is 1. The average molecular weight is 364 g/mol. The van der Waals surface area contributed by atoms with Crippen molar-refractivity contribution in [2.45, 2.75) is 11.8 Å². The molecule has 0 unspecified atom stereocenters. The summed E-state index contributed by atoms with van der Waals surface area (Å²) >= 11 is 5.19. The molecule has 5 N–H and O–H groups in total. The first-order chi connectivity index (χ1) is 11.2. The lowest BCUT2D eigenvalue weighted by Crippen LogP contribution is -2.19. The second kappa shape index (κ2) is 7.39. The molecule has 7 nitrogen and oxygen atoms in total. The molecule has 0 aromatic heterocycles. The maximum absolute atomic E-state index is 11.2. The lowest BCUT2D eigenvalue weighted by molar-refractivity contribution is -0.114. The van der Waals surface area contributed by atoms with Gasteiger partial charge in [0.25, 0.3) is 0 Å². The van der Waals surface area contributed by atoms with E-state index in [-0.39, 0.29) is 10.8 Å². The van der Waals surface area contributed by atoms with Crippen LogP contribution in [-0.2, 0) is 14.8 Å². The number of carbonyl (C=O) groups excluding carboxylic acids is 1. The third-order valence-corrected chi connectivity index (χ3v) is 4.04. The molecule has 0 radical (unpaired) electrons. The van der Waals surface area contributed by atoms with Gasteiger partial charge in [-0.15, -0.1) is 0 Å². The number of sulfonamides is 1. The van der Waals surface area contributed by atoms with Gasteiger partial charge in [0.1, 0.15) is 0 Å². The van der Waals surface area contributed by atoms with Crippen LogP contribution in [0.5, 0.6) is 0 Å². The van der Waals surface area contributed by atoms with E-state index in [0.717, 1.165) is 5.69 Å². The van der Waals surface area contributed by atoms with Crippen LogP contribution in [0.25, 0.3) is 0 Å². The van der Waals surface area contributed by atoms with E-state index in [1.807, 2.05) is 0 Å². The van der Waals surface area contributed by atoms with Crippen LogP contribution >= 0.6 is 12.2 Å². The first kappa shape index (κ1) is 17.9. The number of hydrogen-bond donors (Lipinski definition) is 4. The molecule has 0 aliphatic rings. The van der Waals surface area contributed by atoms with Crippen molar-refractivity contribution in [3.05, 3.63) is 48.5 Å². The van der Waals surface area contributed by atoms with Crippen molar-refractivity contribution in [1.82, 2.24) is 0 Å². The SMILES string of the molecule is CC(=O)Nc1ccc(NC(=S)Nc2ccc(S(N)(=O)=O)cc2)cc1. The Balaban J connectivity index is 1.96. The number of hydrogen-bond acceptors (Lipinski definition) is 4. The minimum Gasteiger partial charge on any atom is -0.332 e. The van der Waals surface area contributed by atoms with Gasteiger partial charge < -0.3 is 16.0 Å². The topological polar surface area (TPSA) is 113 Å². The van der Waals surface area contributed by atoms with Gasteiger partial charge in [0, 0.05) is 24.0 Å². The third-order valence-electron chi connectivity index (χ3n) is 2.90. The predicted molar refractivity (Wildman–Crippen MR) is 98.4 cm³/mol. The average Bonchev–Trinajstić information content (AvgIpc) is 2.48. The molecule has 0 aliphatic heterocycles. The first-order valence-corrected chi connectivity index (χ1v) is 8.78. The fourth-order valence-corrected chi connectivity index (χ4v) is 2.61. The quantitative estimate of drug-likeness (QED) is 0.618. The number of anilines is 3.